The Kier molecular flexibility index (Phi) is 3.50. The highest BCUT2D eigenvalue weighted by Crippen LogP contribution is 2.44. The van der Waals surface area contributed by atoms with Crippen molar-refractivity contribution >= 4 is 0 Å². The first kappa shape index (κ1) is 12.0. The summed E-state index contributed by atoms with van der Waals surface area (Å²) in [6.45, 7) is 1.35. The van der Waals surface area contributed by atoms with Crippen molar-refractivity contribution in [3.05, 3.63) is 30.1 Å². The Hall–Kier alpha value is -1.09. The Morgan fingerprint density at radius 1 is 1.17 bits per heavy atom. The number of hydrogen-bond donors (Lipinski definition) is 1. The number of hydrogen-bond acceptors (Lipinski definition) is 2. The topological polar surface area (TPSA) is 21.3 Å². The van der Waals surface area contributed by atoms with Gasteiger partial charge in [-0.05, 0) is 49.7 Å². The van der Waals surface area contributed by atoms with E-state index in [1.54, 1.807) is 18.2 Å². The van der Waals surface area contributed by atoms with E-state index in [0.29, 0.717) is 18.4 Å². The van der Waals surface area contributed by atoms with Crippen molar-refractivity contribution in [2.75, 3.05) is 13.2 Å². The lowest BCUT2D eigenvalue weighted by Gasteiger charge is -2.17. The molecule has 0 spiro atoms. The lowest BCUT2D eigenvalue weighted by molar-refractivity contribution is 0.282. The summed E-state index contributed by atoms with van der Waals surface area (Å²) in [4.78, 5) is 0. The van der Waals surface area contributed by atoms with Gasteiger partial charge in [0.05, 0.1) is 0 Å². The predicted molar refractivity (Wildman–Crippen MR) is 69.1 cm³/mol. The van der Waals surface area contributed by atoms with Gasteiger partial charge in [0.1, 0.15) is 6.61 Å². The highest BCUT2D eigenvalue weighted by Gasteiger charge is 2.40. The standard InChI is InChI=1S/C15H20FNO/c16-13-3-1-2-4-14(13)18-10-9-17-15(11-5-6-11)12-7-8-12/h1-4,11-12,15,17H,5-10H2. The van der Waals surface area contributed by atoms with Gasteiger partial charge in [-0.3, -0.25) is 0 Å². The predicted octanol–water partition coefficient (Wildman–Crippen LogP) is 2.98. The van der Waals surface area contributed by atoms with Crippen molar-refractivity contribution in [1.29, 1.82) is 0 Å². The van der Waals surface area contributed by atoms with Crippen molar-refractivity contribution in [2.24, 2.45) is 11.8 Å². The third-order valence-corrected chi connectivity index (χ3v) is 3.84. The van der Waals surface area contributed by atoms with Crippen LogP contribution in [0, 0.1) is 17.7 Å². The van der Waals surface area contributed by atoms with Crippen molar-refractivity contribution < 1.29 is 9.13 Å². The molecule has 0 aliphatic heterocycles. The summed E-state index contributed by atoms with van der Waals surface area (Å²) in [6.07, 6.45) is 5.51. The van der Waals surface area contributed by atoms with E-state index in [0.717, 1.165) is 18.4 Å². The van der Waals surface area contributed by atoms with Crippen LogP contribution in [0.1, 0.15) is 25.7 Å². The van der Waals surface area contributed by atoms with Gasteiger partial charge in [-0.1, -0.05) is 12.1 Å². The summed E-state index contributed by atoms with van der Waals surface area (Å²) >= 11 is 0. The van der Waals surface area contributed by atoms with Crippen LogP contribution in [-0.2, 0) is 0 Å². The molecule has 2 aliphatic carbocycles. The van der Waals surface area contributed by atoms with Crippen molar-refractivity contribution in [3.63, 3.8) is 0 Å². The van der Waals surface area contributed by atoms with E-state index in [-0.39, 0.29) is 5.82 Å². The van der Waals surface area contributed by atoms with E-state index in [9.17, 15) is 4.39 Å². The van der Waals surface area contributed by atoms with Crippen LogP contribution in [0.25, 0.3) is 0 Å². The van der Waals surface area contributed by atoms with E-state index in [1.807, 2.05) is 0 Å². The van der Waals surface area contributed by atoms with Crippen LogP contribution in [0.4, 0.5) is 4.39 Å². The normalized spacial score (nSPS) is 19.2. The van der Waals surface area contributed by atoms with E-state index >= 15 is 0 Å². The molecule has 0 radical (unpaired) electrons. The van der Waals surface area contributed by atoms with Crippen LogP contribution in [0.2, 0.25) is 0 Å². The summed E-state index contributed by atoms with van der Waals surface area (Å²) in [5.41, 5.74) is 0. The summed E-state index contributed by atoms with van der Waals surface area (Å²) in [6, 6.07) is 7.27. The van der Waals surface area contributed by atoms with Gasteiger partial charge in [-0.15, -0.1) is 0 Å². The van der Waals surface area contributed by atoms with Gasteiger partial charge < -0.3 is 10.1 Å². The quantitative estimate of drug-likeness (QED) is 0.750. The first-order chi connectivity index (χ1) is 8.84. The van der Waals surface area contributed by atoms with E-state index in [2.05, 4.69) is 5.32 Å². The first-order valence-electron chi connectivity index (χ1n) is 6.95. The number of rotatable bonds is 7. The minimum atomic E-state index is -0.279. The van der Waals surface area contributed by atoms with Gasteiger partial charge in [-0.2, -0.15) is 0 Å². The van der Waals surface area contributed by atoms with Crippen LogP contribution in [0.15, 0.2) is 24.3 Å². The Labute approximate surface area is 108 Å². The fourth-order valence-corrected chi connectivity index (χ4v) is 2.58. The number of benzene rings is 1. The number of ether oxygens (including phenoxy) is 1. The molecule has 1 aromatic rings. The zero-order chi connectivity index (χ0) is 12.4. The van der Waals surface area contributed by atoms with Gasteiger partial charge in [0.2, 0.25) is 0 Å². The maximum Gasteiger partial charge on any atom is 0.165 e. The fourth-order valence-electron chi connectivity index (χ4n) is 2.58. The van der Waals surface area contributed by atoms with Crippen molar-refractivity contribution in [1.82, 2.24) is 5.32 Å². The molecule has 0 unspecified atom stereocenters. The van der Waals surface area contributed by atoms with E-state index in [1.165, 1.54) is 31.7 Å². The minimum absolute atomic E-state index is 0.279. The van der Waals surface area contributed by atoms with Crippen molar-refractivity contribution in [3.8, 4) is 5.75 Å². The van der Waals surface area contributed by atoms with E-state index in [4.69, 9.17) is 4.74 Å². The summed E-state index contributed by atoms with van der Waals surface area (Å²) < 4.78 is 18.8. The van der Waals surface area contributed by atoms with Crippen LogP contribution >= 0.6 is 0 Å². The molecule has 2 aliphatic rings. The summed E-state index contributed by atoms with van der Waals surface area (Å²) in [7, 11) is 0. The van der Waals surface area contributed by atoms with Crippen LogP contribution in [0.5, 0.6) is 5.75 Å². The van der Waals surface area contributed by atoms with Crippen molar-refractivity contribution in [2.45, 2.75) is 31.7 Å². The summed E-state index contributed by atoms with van der Waals surface area (Å²) in [5.74, 6) is 1.86. The molecule has 2 saturated carbocycles. The van der Waals surface area contributed by atoms with Crippen LogP contribution in [-0.4, -0.2) is 19.2 Å². The SMILES string of the molecule is Fc1ccccc1OCCNC(C1CC1)C1CC1. The Balaban J connectivity index is 1.40. The molecule has 0 bridgehead atoms. The average Bonchev–Trinajstić information content (AvgIpc) is 3.25. The molecule has 2 nitrogen and oxygen atoms in total. The number of nitrogens with one attached hydrogen (secondary N) is 1. The number of halogens is 1. The van der Waals surface area contributed by atoms with Gasteiger partial charge >= 0.3 is 0 Å². The zero-order valence-corrected chi connectivity index (χ0v) is 10.6. The second kappa shape index (κ2) is 5.27. The Bertz CT molecular complexity index is 389. The van der Waals surface area contributed by atoms with Crippen LogP contribution < -0.4 is 10.1 Å². The molecule has 0 saturated heterocycles. The average molecular weight is 249 g/mol. The lowest BCUT2D eigenvalue weighted by atomic mass is 10.1. The second-order valence-electron chi connectivity index (χ2n) is 5.43. The highest BCUT2D eigenvalue weighted by atomic mass is 19.1. The molecule has 3 heteroatoms. The fraction of sp³-hybridized carbons (Fsp3) is 0.600. The molecule has 0 amide bonds. The zero-order valence-electron chi connectivity index (χ0n) is 10.6. The molecular weight excluding hydrogens is 229 g/mol. The lowest BCUT2D eigenvalue weighted by Crippen LogP contribution is -2.36. The monoisotopic (exact) mass is 249 g/mol. The number of para-hydroxylation sites is 1. The van der Waals surface area contributed by atoms with Gasteiger partial charge in [0.15, 0.2) is 11.6 Å². The largest absolute Gasteiger partial charge is 0.489 e. The summed E-state index contributed by atoms with van der Waals surface area (Å²) in [5, 5.41) is 3.59. The molecule has 18 heavy (non-hydrogen) atoms. The molecule has 0 aromatic heterocycles. The molecule has 3 rings (SSSR count). The molecule has 98 valence electrons. The Morgan fingerprint density at radius 3 is 2.44 bits per heavy atom. The Morgan fingerprint density at radius 2 is 1.83 bits per heavy atom. The molecule has 2 fully saturated rings. The van der Waals surface area contributed by atoms with Gasteiger partial charge in [0, 0.05) is 12.6 Å². The smallest absolute Gasteiger partial charge is 0.165 e. The van der Waals surface area contributed by atoms with Crippen LogP contribution in [0.3, 0.4) is 0 Å². The second-order valence-corrected chi connectivity index (χ2v) is 5.43. The van der Waals surface area contributed by atoms with E-state index < -0.39 is 0 Å². The third-order valence-electron chi connectivity index (χ3n) is 3.84. The third kappa shape index (κ3) is 3.02. The molecule has 1 aromatic carbocycles. The first-order valence-corrected chi connectivity index (χ1v) is 6.95. The maximum atomic E-state index is 13.3. The minimum Gasteiger partial charge on any atom is -0.489 e. The highest BCUT2D eigenvalue weighted by molar-refractivity contribution is 5.23. The molecule has 0 heterocycles. The molecule has 0 atom stereocenters. The molecule has 1 N–H and O–H groups in total. The van der Waals surface area contributed by atoms with Gasteiger partial charge in [-0.25, -0.2) is 4.39 Å². The maximum absolute atomic E-state index is 13.3. The molecular formula is C15H20FNO. The van der Waals surface area contributed by atoms with Gasteiger partial charge in [0.25, 0.3) is 0 Å².